The number of aryl methyl sites for hydroxylation is 1. The minimum absolute atomic E-state index is 0.0723. The van der Waals surface area contributed by atoms with Crippen LogP contribution in [0.5, 0.6) is 5.75 Å². The number of hydrogen-bond acceptors (Lipinski definition) is 7. The van der Waals surface area contributed by atoms with E-state index in [1.54, 1.807) is 54.3 Å². The Labute approximate surface area is 307 Å². The third-order valence-corrected chi connectivity index (χ3v) is 11.4. The Kier molecular flexibility index (Phi) is 12.9. The predicted molar refractivity (Wildman–Crippen MR) is 204 cm³/mol. The molecule has 11 nitrogen and oxygen atoms in total. The van der Waals surface area contributed by atoms with Crippen molar-refractivity contribution in [3.05, 3.63) is 96.1 Å². The number of nitrogens with zero attached hydrogens (tertiary/aromatic N) is 2. The van der Waals surface area contributed by atoms with Gasteiger partial charge in [0.1, 0.15) is 5.75 Å². The molecule has 1 heterocycles. The van der Waals surface area contributed by atoms with E-state index in [2.05, 4.69) is 10.6 Å². The number of urea groups is 1. The number of carbonyl (C=O) groups is 2. The van der Waals surface area contributed by atoms with Gasteiger partial charge >= 0.3 is 6.03 Å². The first-order valence-electron chi connectivity index (χ1n) is 17.8. The number of anilines is 2. The highest BCUT2D eigenvalue weighted by Gasteiger charge is 2.32. The Bertz CT molecular complexity index is 1950. The van der Waals surface area contributed by atoms with Crippen molar-refractivity contribution in [3.8, 4) is 5.75 Å². The van der Waals surface area contributed by atoms with Gasteiger partial charge in [0.05, 0.1) is 41.0 Å². The second kappa shape index (κ2) is 17.4. The maximum Gasteiger partial charge on any atom is 0.323 e. The first kappa shape index (κ1) is 38.7. The van der Waals surface area contributed by atoms with Crippen LogP contribution >= 0.6 is 0 Å². The molecule has 12 heteroatoms. The molecule has 1 aliphatic rings. The summed E-state index contributed by atoms with van der Waals surface area (Å²) in [5, 5.41) is 18.0. The lowest BCUT2D eigenvalue weighted by atomic mass is 10.0. The summed E-state index contributed by atoms with van der Waals surface area (Å²) in [7, 11) is -2.26. The van der Waals surface area contributed by atoms with E-state index in [4.69, 9.17) is 9.47 Å². The second-order valence-electron chi connectivity index (χ2n) is 13.7. The normalized spacial score (nSPS) is 19.7. The summed E-state index contributed by atoms with van der Waals surface area (Å²) in [5.74, 6) is -0.355. The van der Waals surface area contributed by atoms with Crippen LogP contribution < -0.4 is 15.4 Å². The molecule has 5 rings (SSSR count). The number of ether oxygens (including phenoxy) is 2. The van der Waals surface area contributed by atoms with Crippen molar-refractivity contribution in [2.24, 2.45) is 5.92 Å². The zero-order valence-corrected chi connectivity index (χ0v) is 31.4. The summed E-state index contributed by atoms with van der Waals surface area (Å²) in [4.78, 5) is 29.5. The van der Waals surface area contributed by atoms with Crippen molar-refractivity contribution in [1.29, 1.82) is 0 Å². The molecule has 3 N–H and O–H groups in total. The van der Waals surface area contributed by atoms with Crippen LogP contribution in [0.2, 0.25) is 0 Å². The number of nitrogens with one attached hydrogen (secondary N) is 2. The van der Waals surface area contributed by atoms with Crippen LogP contribution in [0.25, 0.3) is 10.8 Å². The van der Waals surface area contributed by atoms with Crippen molar-refractivity contribution < 1.29 is 32.6 Å². The summed E-state index contributed by atoms with van der Waals surface area (Å²) in [5.41, 5.74) is 2.22. The predicted octanol–water partition coefficient (Wildman–Crippen LogP) is 6.91. The van der Waals surface area contributed by atoms with Gasteiger partial charge in [-0.1, -0.05) is 61.0 Å². The van der Waals surface area contributed by atoms with Gasteiger partial charge in [-0.2, -0.15) is 4.31 Å². The number of aliphatic hydroxyl groups excluding tert-OH is 1. The lowest BCUT2D eigenvalue weighted by Gasteiger charge is -2.35. The van der Waals surface area contributed by atoms with E-state index >= 15 is 0 Å². The standard InChI is InChI=1S/C40H50N4O7S/c1-27-16-19-33(20-17-27)52(48,49)43(5)25-38-28(2)24-44(29(3)26-45)39(46)35-23-32(18-21-37(35)51-30(4)11-8-9-22-50-38)41-40(47)42-36-15-10-13-31-12-6-7-14-34(31)36/h6-7,10,12-21,23,28-30,38,45H,8-9,11,22,24-26H2,1-5H3,(H2,41,42,47)/t28-,29+,30+,38+/m0/s1. The number of benzene rings is 4. The molecule has 278 valence electrons. The van der Waals surface area contributed by atoms with Crippen molar-refractivity contribution in [1.82, 2.24) is 9.21 Å². The van der Waals surface area contributed by atoms with Crippen LogP contribution in [0.4, 0.5) is 16.2 Å². The highest BCUT2D eigenvalue weighted by atomic mass is 32.2. The second-order valence-corrected chi connectivity index (χ2v) is 15.8. The highest BCUT2D eigenvalue weighted by Crippen LogP contribution is 2.30. The van der Waals surface area contributed by atoms with Crippen LogP contribution in [0, 0.1) is 12.8 Å². The largest absolute Gasteiger partial charge is 0.490 e. The average Bonchev–Trinajstić information content (AvgIpc) is 3.13. The fourth-order valence-corrected chi connectivity index (χ4v) is 7.51. The number of fused-ring (bicyclic) bond motifs is 2. The van der Waals surface area contributed by atoms with Crippen LogP contribution in [-0.2, 0) is 14.8 Å². The highest BCUT2D eigenvalue weighted by molar-refractivity contribution is 7.89. The minimum Gasteiger partial charge on any atom is -0.490 e. The van der Waals surface area contributed by atoms with Gasteiger partial charge in [0, 0.05) is 43.7 Å². The van der Waals surface area contributed by atoms with E-state index in [-0.39, 0.29) is 42.2 Å². The monoisotopic (exact) mass is 730 g/mol. The van der Waals surface area contributed by atoms with Gasteiger partial charge in [-0.15, -0.1) is 0 Å². The van der Waals surface area contributed by atoms with E-state index in [0.29, 0.717) is 30.2 Å². The number of rotatable bonds is 8. The molecule has 0 saturated heterocycles. The summed E-state index contributed by atoms with van der Waals surface area (Å²) in [6.45, 7) is 7.86. The number of carbonyl (C=O) groups excluding carboxylic acids is 2. The molecule has 0 saturated carbocycles. The Balaban J connectivity index is 1.41. The molecule has 4 aromatic rings. The van der Waals surface area contributed by atoms with Gasteiger partial charge in [-0.25, -0.2) is 13.2 Å². The smallest absolute Gasteiger partial charge is 0.323 e. The molecule has 0 spiro atoms. The third-order valence-electron chi connectivity index (χ3n) is 9.51. The molecule has 4 aromatic carbocycles. The SMILES string of the molecule is Cc1ccc(S(=O)(=O)N(C)C[C@H]2OCCCC[C@@H](C)Oc3ccc(NC(=O)Nc4cccc5ccccc45)cc3C(=O)N([C@H](C)CO)C[C@@H]2C)cc1. The van der Waals surface area contributed by atoms with Crippen LogP contribution in [0.1, 0.15) is 56.0 Å². The van der Waals surface area contributed by atoms with Crippen LogP contribution in [0.3, 0.4) is 0 Å². The van der Waals surface area contributed by atoms with Crippen LogP contribution in [-0.4, -0.2) is 86.3 Å². The Morgan fingerprint density at radius 3 is 2.48 bits per heavy atom. The molecule has 0 fully saturated rings. The molecule has 0 bridgehead atoms. The van der Waals surface area contributed by atoms with Gasteiger partial charge in [-0.05, 0) is 81.8 Å². The number of hydrogen-bond donors (Lipinski definition) is 3. The molecule has 0 aromatic heterocycles. The van der Waals surface area contributed by atoms with E-state index in [1.165, 1.54) is 11.4 Å². The fraction of sp³-hybridized carbons (Fsp3) is 0.400. The molecule has 0 aliphatic carbocycles. The van der Waals surface area contributed by atoms with E-state index in [1.807, 2.05) is 63.2 Å². The molecular weight excluding hydrogens is 681 g/mol. The summed E-state index contributed by atoms with van der Waals surface area (Å²) in [6.07, 6.45) is 1.46. The summed E-state index contributed by atoms with van der Waals surface area (Å²) < 4.78 is 41.0. The van der Waals surface area contributed by atoms with Crippen molar-refractivity contribution in [2.45, 2.75) is 70.1 Å². The topological polar surface area (TPSA) is 138 Å². The lowest BCUT2D eigenvalue weighted by Crippen LogP contribution is -2.48. The fourth-order valence-electron chi connectivity index (χ4n) is 6.32. The maximum absolute atomic E-state index is 14.5. The molecule has 4 atom stereocenters. The minimum atomic E-state index is -3.80. The Morgan fingerprint density at radius 2 is 1.73 bits per heavy atom. The molecule has 52 heavy (non-hydrogen) atoms. The zero-order chi connectivity index (χ0) is 37.4. The zero-order valence-electron chi connectivity index (χ0n) is 30.5. The first-order valence-corrected chi connectivity index (χ1v) is 19.2. The van der Waals surface area contributed by atoms with Gasteiger partial charge in [0.15, 0.2) is 0 Å². The number of likely N-dealkylation sites (N-methyl/N-ethyl adjacent to an activating group) is 1. The van der Waals surface area contributed by atoms with Gasteiger partial charge in [0.25, 0.3) is 5.91 Å². The summed E-state index contributed by atoms with van der Waals surface area (Å²) in [6, 6.07) is 24.1. The molecule has 0 radical (unpaired) electrons. The quantitative estimate of drug-likeness (QED) is 0.179. The molecule has 0 unspecified atom stereocenters. The van der Waals surface area contributed by atoms with Crippen molar-refractivity contribution >= 4 is 44.1 Å². The number of sulfonamides is 1. The van der Waals surface area contributed by atoms with Crippen LogP contribution in [0.15, 0.2) is 89.8 Å². The Morgan fingerprint density at radius 1 is 1.00 bits per heavy atom. The van der Waals surface area contributed by atoms with Gasteiger partial charge < -0.3 is 30.1 Å². The van der Waals surface area contributed by atoms with Crippen molar-refractivity contribution in [2.75, 3.05) is 44.0 Å². The molecular formula is C40H50N4O7S. The Hall–Kier alpha value is -4.49. The number of aliphatic hydroxyl groups is 1. The van der Waals surface area contributed by atoms with E-state index < -0.39 is 34.1 Å². The van der Waals surface area contributed by atoms with Crippen molar-refractivity contribution in [3.63, 3.8) is 0 Å². The summed E-state index contributed by atoms with van der Waals surface area (Å²) >= 11 is 0. The lowest BCUT2D eigenvalue weighted by molar-refractivity contribution is -0.00833. The maximum atomic E-state index is 14.5. The number of amides is 3. The van der Waals surface area contributed by atoms with Gasteiger partial charge in [0.2, 0.25) is 10.0 Å². The average molecular weight is 731 g/mol. The molecule has 1 aliphatic heterocycles. The molecule has 3 amide bonds. The van der Waals surface area contributed by atoms with Gasteiger partial charge in [-0.3, -0.25) is 4.79 Å². The van der Waals surface area contributed by atoms with E-state index in [0.717, 1.165) is 29.2 Å². The first-order chi connectivity index (χ1) is 24.9. The third kappa shape index (κ3) is 9.48. The van der Waals surface area contributed by atoms with E-state index in [9.17, 15) is 23.1 Å².